The number of ether oxygens (including phenoxy) is 1. The number of nitrogens with zero attached hydrogens (tertiary/aromatic N) is 1. The Morgan fingerprint density at radius 1 is 1.06 bits per heavy atom. The lowest BCUT2D eigenvalue weighted by molar-refractivity contribution is 0.0950. The zero-order chi connectivity index (χ0) is 21.8. The molecule has 0 aromatic heterocycles. The molecule has 5 heteroatoms. The maximum absolute atomic E-state index is 12.7. The maximum Gasteiger partial charge on any atom is 0.251 e. The highest BCUT2D eigenvalue weighted by molar-refractivity contribution is 7.98. The second-order valence-corrected chi connectivity index (χ2v) is 8.84. The minimum absolute atomic E-state index is 0.0984. The van der Waals surface area contributed by atoms with Crippen LogP contribution >= 0.6 is 11.8 Å². The van der Waals surface area contributed by atoms with E-state index in [1.165, 1.54) is 10.5 Å². The Kier molecular flexibility index (Phi) is 6.52. The highest BCUT2D eigenvalue weighted by atomic mass is 32.2. The van der Waals surface area contributed by atoms with E-state index in [1.54, 1.807) is 11.8 Å². The summed E-state index contributed by atoms with van der Waals surface area (Å²) in [4.78, 5) is 16.2. The van der Waals surface area contributed by atoms with Crippen molar-refractivity contribution in [3.63, 3.8) is 0 Å². The van der Waals surface area contributed by atoms with Crippen LogP contribution in [0.25, 0.3) is 0 Å². The molecule has 1 aliphatic heterocycles. The van der Waals surface area contributed by atoms with E-state index in [-0.39, 0.29) is 5.91 Å². The fraction of sp³-hybridized carbons (Fsp3) is 0.269. The van der Waals surface area contributed by atoms with E-state index in [1.807, 2.05) is 30.3 Å². The van der Waals surface area contributed by atoms with Crippen molar-refractivity contribution in [2.24, 2.45) is 0 Å². The van der Waals surface area contributed by atoms with Gasteiger partial charge in [-0.3, -0.25) is 4.79 Å². The van der Waals surface area contributed by atoms with Crippen LogP contribution in [0, 0.1) is 0 Å². The van der Waals surface area contributed by atoms with Crippen molar-refractivity contribution >= 4 is 29.0 Å². The van der Waals surface area contributed by atoms with E-state index in [0.29, 0.717) is 24.6 Å². The summed E-state index contributed by atoms with van der Waals surface area (Å²) in [6, 6.07) is 22.6. The number of hydrogen-bond donors (Lipinski definition) is 1. The Labute approximate surface area is 188 Å². The van der Waals surface area contributed by atoms with E-state index in [4.69, 9.17) is 4.74 Å². The molecule has 0 spiro atoms. The van der Waals surface area contributed by atoms with Gasteiger partial charge in [0.25, 0.3) is 5.91 Å². The van der Waals surface area contributed by atoms with E-state index >= 15 is 0 Å². The monoisotopic (exact) mass is 432 g/mol. The van der Waals surface area contributed by atoms with Gasteiger partial charge in [-0.15, -0.1) is 11.8 Å². The Morgan fingerprint density at radius 2 is 1.81 bits per heavy atom. The first-order valence-electron chi connectivity index (χ1n) is 10.6. The van der Waals surface area contributed by atoms with E-state index in [0.717, 1.165) is 29.2 Å². The lowest BCUT2D eigenvalue weighted by atomic mass is 10.0. The molecule has 1 amide bonds. The molecule has 0 radical (unpaired) electrons. The molecule has 0 saturated heterocycles. The second kappa shape index (κ2) is 9.48. The van der Waals surface area contributed by atoms with Crippen LogP contribution in [0.5, 0.6) is 5.75 Å². The summed E-state index contributed by atoms with van der Waals surface area (Å²) in [5, 5.41) is 3.00. The first-order chi connectivity index (χ1) is 15.0. The largest absolute Gasteiger partial charge is 0.490 e. The molecule has 1 N–H and O–H groups in total. The minimum atomic E-state index is -0.0984. The molecule has 0 atom stereocenters. The smallest absolute Gasteiger partial charge is 0.251 e. The number of rotatable bonds is 6. The van der Waals surface area contributed by atoms with Crippen molar-refractivity contribution in [2.45, 2.75) is 31.2 Å². The standard InChI is InChI=1S/C26H28N2O2S/c1-18(2)20-6-9-22(10-7-20)28-14-15-30-25-16-21(8-13-24(25)28)26(29)27-17-19-4-11-23(31-3)12-5-19/h4-13,16,18H,14-15,17H2,1-3H3,(H,27,29). The van der Waals surface area contributed by atoms with Crippen molar-refractivity contribution < 1.29 is 9.53 Å². The molecule has 3 aromatic rings. The first kappa shape index (κ1) is 21.3. The normalized spacial score (nSPS) is 13.0. The van der Waals surface area contributed by atoms with Gasteiger partial charge in [-0.2, -0.15) is 0 Å². The summed E-state index contributed by atoms with van der Waals surface area (Å²) in [6.07, 6.45) is 2.05. The van der Waals surface area contributed by atoms with Crippen LogP contribution in [0.1, 0.15) is 41.3 Å². The highest BCUT2D eigenvalue weighted by Gasteiger charge is 2.21. The number of nitrogens with one attached hydrogen (secondary N) is 1. The summed E-state index contributed by atoms with van der Waals surface area (Å²) in [7, 11) is 0. The number of fused-ring (bicyclic) bond motifs is 1. The summed E-state index contributed by atoms with van der Waals surface area (Å²) in [5.74, 6) is 1.16. The van der Waals surface area contributed by atoms with Crippen molar-refractivity contribution in [1.29, 1.82) is 0 Å². The number of carbonyl (C=O) groups is 1. The quantitative estimate of drug-likeness (QED) is 0.486. The van der Waals surface area contributed by atoms with Gasteiger partial charge in [0.2, 0.25) is 0 Å². The third-order valence-corrected chi connectivity index (χ3v) is 6.31. The Morgan fingerprint density at radius 3 is 2.48 bits per heavy atom. The lowest BCUT2D eigenvalue weighted by Crippen LogP contribution is -2.29. The van der Waals surface area contributed by atoms with Gasteiger partial charge in [0.1, 0.15) is 12.4 Å². The first-order valence-corrected chi connectivity index (χ1v) is 11.8. The van der Waals surface area contributed by atoms with Crippen LogP contribution in [-0.4, -0.2) is 25.3 Å². The molecule has 1 heterocycles. The molecular weight excluding hydrogens is 404 g/mol. The lowest BCUT2D eigenvalue weighted by Gasteiger charge is -2.31. The molecule has 0 saturated carbocycles. The average Bonchev–Trinajstić information content (AvgIpc) is 2.82. The van der Waals surface area contributed by atoms with E-state index < -0.39 is 0 Å². The predicted octanol–water partition coefficient (Wildman–Crippen LogP) is 5.99. The van der Waals surface area contributed by atoms with Gasteiger partial charge in [0, 0.05) is 22.7 Å². The molecule has 4 rings (SSSR count). The maximum atomic E-state index is 12.7. The molecule has 0 bridgehead atoms. The Bertz CT molecular complexity index is 1050. The third-order valence-electron chi connectivity index (χ3n) is 5.57. The van der Waals surface area contributed by atoms with Gasteiger partial charge in [0.15, 0.2) is 0 Å². The Hall–Kier alpha value is -2.92. The number of carbonyl (C=O) groups excluding carboxylic acids is 1. The summed E-state index contributed by atoms with van der Waals surface area (Å²) in [5.41, 5.74) is 5.15. The second-order valence-electron chi connectivity index (χ2n) is 7.96. The highest BCUT2D eigenvalue weighted by Crippen LogP contribution is 2.37. The molecule has 160 valence electrons. The van der Waals surface area contributed by atoms with Gasteiger partial charge in [-0.1, -0.05) is 38.1 Å². The average molecular weight is 433 g/mol. The zero-order valence-electron chi connectivity index (χ0n) is 18.2. The van der Waals surface area contributed by atoms with Crippen molar-refractivity contribution in [2.75, 3.05) is 24.3 Å². The fourth-order valence-electron chi connectivity index (χ4n) is 3.70. The number of hydrogen-bond acceptors (Lipinski definition) is 4. The number of benzene rings is 3. The molecule has 4 nitrogen and oxygen atoms in total. The zero-order valence-corrected chi connectivity index (χ0v) is 19.0. The topological polar surface area (TPSA) is 41.6 Å². The molecule has 1 aliphatic rings. The van der Waals surface area contributed by atoms with Crippen LogP contribution in [0.15, 0.2) is 71.6 Å². The van der Waals surface area contributed by atoms with E-state index in [9.17, 15) is 4.79 Å². The minimum Gasteiger partial charge on any atom is -0.490 e. The van der Waals surface area contributed by atoms with Crippen molar-refractivity contribution in [3.8, 4) is 5.75 Å². The van der Waals surface area contributed by atoms with Crippen LogP contribution in [0.2, 0.25) is 0 Å². The number of thioether (sulfide) groups is 1. The van der Waals surface area contributed by atoms with Gasteiger partial charge in [-0.05, 0) is 65.8 Å². The fourth-order valence-corrected chi connectivity index (χ4v) is 4.10. The van der Waals surface area contributed by atoms with Crippen LogP contribution in [0.3, 0.4) is 0 Å². The van der Waals surface area contributed by atoms with Crippen LogP contribution < -0.4 is 15.0 Å². The van der Waals surface area contributed by atoms with Gasteiger partial charge >= 0.3 is 0 Å². The molecular formula is C26H28N2O2S. The number of anilines is 2. The predicted molar refractivity (Wildman–Crippen MR) is 129 cm³/mol. The van der Waals surface area contributed by atoms with Crippen molar-refractivity contribution in [1.82, 2.24) is 5.32 Å². The molecule has 31 heavy (non-hydrogen) atoms. The van der Waals surface area contributed by atoms with Gasteiger partial charge < -0.3 is 15.0 Å². The summed E-state index contributed by atoms with van der Waals surface area (Å²) < 4.78 is 5.89. The van der Waals surface area contributed by atoms with E-state index in [2.05, 4.69) is 66.7 Å². The molecule has 3 aromatic carbocycles. The summed E-state index contributed by atoms with van der Waals surface area (Å²) in [6.45, 7) is 6.27. The van der Waals surface area contributed by atoms with Gasteiger partial charge in [-0.25, -0.2) is 0 Å². The van der Waals surface area contributed by atoms with Crippen LogP contribution in [-0.2, 0) is 6.54 Å². The molecule has 0 aliphatic carbocycles. The third kappa shape index (κ3) is 4.88. The molecule has 0 fully saturated rings. The van der Waals surface area contributed by atoms with Crippen molar-refractivity contribution in [3.05, 3.63) is 83.4 Å². The SMILES string of the molecule is CSc1ccc(CNC(=O)c2ccc3c(c2)OCCN3c2ccc(C(C)C)cc2)cc1. The van der Waals surface area contributed by atoms with Gasteiger partial charge in [0.05, 0.1) is 12.2 Å². The summed E-state index contributed by atoms with van der Waals surface area (Å²) >= 11 is 1.71. The Balaban J connectivity index is 1.47. The number of amides is 1. The van der Waals surface area contributed by atoms with Crippen LogP contribution in [0.4, 0.5) is 11.4 Å². The molecule has 0 unspecified atom stereocenters.